The molecule has 1 N–H and O–H groups in total. The standard InChI is InChI=1S/C16H13FO2/c17-15-8-9-16(14(11-15)12-18)19-10-4-7-13-5-2-1-3-6-13/h1-3,5-6,8-9,11,18H,10,12H2. The molecule has 0 fully saturated rings. The molecule has 0 spiro atoms. The molecule has 0 aliphatic rings. The van der Waals surface area contributed by atoms with Gasteiger partial charge in [0.2, 0.25) is 0 Å². The van der Waals surface area contributed by atoms with E-state index in [2.05, 4.69) is 11.8 Å². The summed E-state index contributed by atoms with van der Waals surface area (Å²) in [5.41, 5.74) is 1.33. The van der Waals surface area contributed by atoms with Gasteiger partial charge in [0.05, 0.1) is 6.61 Å². The van der Waals surface area contributed by atoms with Crippen LogP contribution >= 0.6 is 0 Å². The largest absolute Gasteiger partial charge is 0.481 e. The Balaban J connectivity index is 1.98. The Labute approximate surface area is 111 Å². The minimum Gasteiger partial charge on any atom is -0.481 e. The van der Waals surface area contributed by atoms with Crippen LogP contribution < -0.4 is 4.74 Å². The summed E-state index contributed by atoms with van der Waals surface area (Å²) >= 11 is 0. The third kappa shape index (κ3) is 3.84. The van der Waals surface area contributed by atoms with E-state index in [-0.39, 0.29) is 13.2 Å². The lowest BCUT2D eigenvalue weighted by Gasteiger charge is -2.07. The predicted molar refractivity (Wildman–Crippen MR) is 71.1 cm³/mol. The van der Waals surface area contributed by atoms with E-state index in [4.69, 9.17) is 9.84 Å². The van der Waals surface area contributed by atoms with E-state index < -0.39 is 5.82 Å². The average Bonchev–Trinajstić information content (AvgIpc) is 2.46. The summed E-state index contributed by atoms with van der Waals surface area (Å²) in [4.78, 5) is 0. The number of hydrogen-bond acceptors (Lipinski definition) is 2. The smallest absolute Gasteiger partial charge is 0.149 e. The van der Waals surface area contributed by atoms with Gasteiger partial charge >= 0.3 is 0 Å². The molecule has 0 amide bonds. The highest BCUT2D eigenvalue weighted by Crippen LogP contribution is 2.19. The zero-order valence-corrected chi connectivity index (χ0v) is 10.3. The Morgan fingerprint density at radius 3 is 2.63 bits per heavy atom. The Kier molecular flexibility index (Phi) is 4.54. The van der Waals surface area contributed by atoms with Gasteiger partial charge in [-0.1, -0.05) is 30.0 Å². The van der Waals surface area contributed by atoms with Crippen LogP contribution in [-0.2, 0) is 6.61 Å². The molecule has 2 aromatic carbocycles. The average molecular weight is 256 g/mol. The number of ether oxygens (including phenoxy) is 1. The van der Waals surface area contributed by atoms with Crippen molar-refractivity contribution in [3.8, 4) is 17.6 Å². The lowest BCUT2D eigenvalue weighted by Crippen LogP contribution is -1.98. The van der Waals surface area contributed by atoms with Crippen LogP contribution in [0.4, 0.5) is 4.39 Å². The van der Waals surface area contributed by atoms with Gasteiger partial charge in [0.15, 0.2) is 0 Å². The molecule has 2 nitrogen and oxygen atoms in total. The number of aliphatic hydroxyl groups is 1. The molecule has 0 aromatic heterocycles. The summed E-state index contributed by atoms with van der Waals surface area (Å²) in [6.07, 6.45) is 0. The highest BCUT2D eigenvalue weighted by atomic mass is 19.1. The van der Waals surface area contributed by atoms with Gasteiger partial charge in [-0.25, -0.2) is 4.39 Å². The van der Waals surface area contributed by atoms with Crippen molar-refractivity contribution < 1.29 is 14.2 Å². The third-order valence-corrected chi connectivity index (χ3v) is 2.50. The van der Waals surface area contributed by atoms with Crippen molar-refractivity contribution in [1.29, 1.82) is 0 Å². The lowest BCUT2D eigenvalue weighted by atomic mass is 10.2. The second-order valence-electron chi connectivity index (χ2n) is 3.87. The van der Waals surface area contributed by atoms with E-state index in [1.165, 1.54) is 18.2 Å². The van der Waals surface area contributed by atoms with Crippen molar-refractivity contribution in [2.24, 2.45) is 0 Å². The van der Waals surface area contributed by atoms with E-state index in [1.807, 2.05) is 30.3 Å². The van der Waals surface area contributed by atoms with Gasteiger partial charge in [-0.2, -0.15) is 0 Å². The van der Waals surface area contributed by atoms with E-state index in [0.717, 1.165) is 5.56 Å². The minimum atomic E-state index is -0.397. The normalized spacial score (nSPS) is 9.58. The van der Waals surface area contributed by atoms with Crippen LogP contribution in [0.15, 0.2) is 48.5 Å². The maximum absolute atomic E-state index is 12.9. The fourth-order valence-electron chi connectivity index (χ4n) is 1.59. The van der Waals surface area contributed by atoms with E-state index in [0.29, 0.717) is 11.3 Å². The first-order valence-electron chi connectivity index (χ1n) is 5.85. The zero-order valence-electron chi connectivity index (χ0n) is 10.3. The molecule has 0 aliphatic carbocycles. The Morgan fingerprint density at radius 2 is 1.89 bits per heavy atom. The molecule has 3 heteroatoms. The molecule has 0 heterocycles. The molecule has 0 unspecified atom stereocenters. The molecular formula is C16H13FO2. The van der Waals surface area contributed by atoms with Crippen molar-refractivity contribution in [3.05, 3.63) is 65.5 Å². The van der Waals surface area contributed by atoms with Gasteiger partial charge in [-0.3, -0.25) is 0 Å². The van der Waals surface area contributed by atoms with E-state index >= 15 is 0 Å². The number of halogens is 1. The fourth-order valence-corrected chi connectivity index (χ4v) is 1.59. The molecule has 19 heavy (non-hydrogen) atoms. The monoisotopic (exact) mass is 256 g/mol. The number of hydrogen-bond donors (Lipinski definition) is 1. The van der Waals surface area contributed by atoms with Gasteiger partial charge in [-0.15, -0.1) is 0 Å². The van der Waals surface area contributed by atoms with Crippen LogP contribution in [0.25, 0.3) is 0 Å². The van der Waals surface area contributed by atoms with Crippen molar-refractivity contribution in [2.45, 2.75) is 6.61 Å². The second-order valence-corrected chi connectivity index (χ2v) is 3.87. The van der Waals surface area contributed by atoms with Gasteiger partial charge in [0.1, 0.15) is 18.2 Å². The summed E-state index contributed by atoms with van der Waals surface area (Å²) in [7, 11) is 0. The quantitative estimate of drug-likeness (QED) is 0.856. The maximum Gasteiger partial charge on any atom is 0.149 e. The van der Waals surface area contributed by atoms with E-state index in [9.17, 15) is 4.39 Å². The van der Waals surface area contributed by atoms with Crippen LogP contribution in [0, 0.1) is 17.7 Å². The predicted octanol–water partition coefficient (Wildman–Crippen LogP) is 2.75. The third-order valence-electron chi connectivity index (χ3n) is 2.50. The SMILES string of the molecule is OCc1cc(F)ccc1OCC#Cc1ccccc1. The van der Waals surface area contributed by atoms with Crippen LogP contribution in [0.1, 0.15) is 11.1 Å². The Bertz CT molecular complexity index is 597. The van der Waals surface area contributed by atoms with Gasteiger partial charge in [0.25, 0.3) is 0 Å². The van der Waals surface area contributed by atoms with Crippen molar-refractivity contribution in [3.63, 3.8) is 0 Å². The van der Waals surface area contributed by atoms with Crippen molar-refractivity contribution in [2.75, 3.05) is 6.61 Å². The lowest BCUT2D eigenvalue weighted by molar-refractivity contribution is 0.270. The first-order valence-corrected chi connectivity index (χ1v) is 5.85. The molecule has 0 bridgehead atoms. The summed E-state index contributed by atoms with van der Waals surface area (Å²) in [5, 5.41) is 9.09. The van der Waals surface area contributed by atoms with E-state index in [1.54, 1.807) is 0 Å². The van der Waals surface area contributed by atoms with Crippen LogP contribution in [-0.4, -0.2) is 11.7 Å². The van der Waals surface area contributed by atoms with Crippen LogP contribution in [0.3, 0.4) is 0 Å². The minimum absolute atomic E-state index is 0.188. The molecule has 2 aromatic rings. The zero-order chi connectivity index (χ0) is 13.5. The van der Waals surface area contributed by atoms with Gasteiger partial charge in [0, 0.05) is 11.1 Å². The topological polar surface area (TPSA) is 29.5 Å². The van der Waals surface area contributed by atoms with Crippen LogP contribution in [0.5, 0.6) is 5.75 Å². The Hall–Kier alpha value is -2.31. The summed E-state index contributed by atoms with van der Waals surface area (Å²) in [5.74, 6) is 5.87. The molecule has 0 saturated heterocycles. The number of rotatable bonds is 3. The second kappa shape index (κ2) is 6.58. The molecule has 0 radical (unpaired) electrons. The first-order chi connectivity index (χ1) is 9.29. The van der Waals surface area contributed by atoms with Gasteiger partial charge in [-0.05, 0) is 30.3 Å². The fraction of sp³-hybridized carbons (Fsp3) is 0.125. The van der Waals surface area contributed by atoms with Gasteiger partial charge < -0.3 is 9.84 Å². The molecular weight excluding hydrogens is 243 g/mol. The summed E-state index contributed by atoms with van der Waals surface area (Å²) < 4.78 is 18.4. The van der Waals surface area contributed by atoms with Crippen molar-refractivity contribution >= 4 is 0 Å². The maximum atomic E-state index is 12.9. The van der Waals surface area contributed by atoms with Crippen LogP contribution in [0.2, 0.25) is 0 Å². The highest BCUT2D eigenvalue weighted by molar-refractivity contribution is 5.35. The molecule has 96 valence electrons. The molecule has 2 rings (SSSR count). The number of aliphatic hydroxyl groups excluding tert-OH is 1. The molecule has 0 aliphatic heterocycles. The highest BCUT2D eigenvalue weighted by Gasteiger charge is 2.03. The number of benzene rings is 2. The Morgan fingerprint density at radius 1 is 1.11 bits per heavy atom. The first kappa shape index (κ1) is 13.1. The molecule has 0 atom stereocenters. The summed E-state index contributed by atoms with van der Waals surface area (Å²) in [6.45, 7) is -0.0767. The summed E-state index contributed by atoms with van der Waals surface area (Å²) in [6, 6.07) is 13.6. The van der Waals surface area contributed by atoms with Crippen molar-refractivity contribution in [1.82, 2.24) is 0 Å². The molecule has 0 saturated carbocycles.